The summed E-state index contributed by atoms with van der Waals surface area (Å²) < 4.78 is 10.8. The van der Waals surface area contributed by atoms with E-state index in [-0.39, 0.29) is 18.3 Å². The quantitative estimate of drug-likeness (QED) is 0.858. The van der Waals surface area contributed by atoms with Crippen LogP contribution in [0.25, 0.3) is 0 Å². The van der Waals surface area contributed by atoms with Crippen LogP contribution in [0.3, 0.4) is 0 Å². The molecule has 2 N–H and O–H groups in total. The molecule has 2 rings (SSSR count). The van der Waals surface area contributed by atoms with E-state index in [1.807, 2.05) is 39.0 Å². The van der Waals surface area contributed by atoms with E-state index in [0.717, 1.165) is 17.1 Å². The van der Waals surface area contributed by atoms with Crippen LogP contribution < -0.4 is 14.8 Å². The van der Waals surface area contributed by atoms with Gasteiger partial charge in [0, 0.05) is 18.7 Å². The molecule has 0 aliphatic carbocycles. The van der Waals surface area contributed by atoms with E-state index in [4.69, 9.17) is 9.47 Å². The van der Waals surface area contributed by atoms with E-state index in [1.54, 1.807) is 0 Å². The van der Waals surface area contributed by atoms with Crippen molar-refractivity contribution >= 4 is 0 Å². The Labute approximate surface area is 108 Å². The summed E-state index contributed by atoms with van der Waals surface area (Å²) >= 11 is 0. The molecular formula is C14H21NO3. The number of aliphatic hydroxyl groups excluding tert-OH is 1. The number of fused-ring (bicyclic) bond motifs is 1. The van der Waals surface area contributed by atoms with E-state index >= 15 is 0 Å². The lowest BCUT2D eigenvalue weighted by Crippen LogP contribution is -2.36. The summed E-state index contributed by atoms with van der Waals surface area (Å²) in [5.74, 6) is 1.61. The van der Waals surface area contributed by atoms with Gasteiger partial charge in [0.25, 0.3) is 0 Å². The number of nitrogens with one attached hydrogen (secondary N) is 1. The summed E-state index contributed by atoms with van der Waals surface area (Å²) in [6.07, 6.45) is -0.369. The van der Waals surface area contributed by atoms with Crippen LogP contribution in [0, 0.1) is 5.41 Å². The molecule has 1 atom stereocenters. The third kappa shape index (κ3) is 2.94. The molecule has 1 aliphatic rings. The highest BCUT2D eigenvalue weighted by atomic mass is 16.7. The molecule has 0 fully saturated rings. The average molecular weight is 251 g/mol. The van der Waals surface area contributed by atoms with Crippen molar-refractivity contribution in [1.82, 2.24) is 5.32 Å². The Kier molecular flexibility index (Phi) is 3.78. The smallest absolute Gasteiger partial charge is 0.231 e. The molecule has 1 heterocycles. The highest BCUT2D eigenvalue weighted by molar-refractivity contribution is 5.48. The zero-order valence-electron chi connectivity index (χ0n) is 11.2. The Morgan fingerprint density at radius 2 is 2.11 bits per heavy atom. The summed E-state index contributed by atoms with van der Waals surface area (Å²) in [6, 6.07) is 5.85. The number of hydrogen-bond acceptors (Lipinski definition) is 4. The zero-order valence-corrected chi connectivity index (χ0v) is 11.2. The molecule has 0 saturated heterocycles. The topological polar surface area (TPSA) is 50.7 Å². The second-order valence-electron chi connectivity index (χ2n) is 5.66. The average Bonchev–Trinajstić information content (AvgIpc) is 2.76. The van der Waals surface area contributed by atoms with Gasteiger partial charge in [0.05, 0.1) is 6.10 Å². The molecule has 4 heteroatoms. The maximum absolute atomic E-state index is 9.94. The molecule has 0 bridgehead atoms. The van der Waals surface area contributed by atoms with Crippen molar-refractivity contribution < 1.29 is 14.6 Å². The molecule has 1 aromatic carbocycles. The molecule has 0 radical (unpaired) electrons. The Morgan fingerprint density at radius 1 is 1.33 bits per heavy atom. The number of hydrogen-bond donors (Lipinski definition) is 2. The molecule has 1 aromatic rings. The van der Waals surface area contributed by atoms with Gasteiger partial charge in [0.2, 0.25) is 6.79 Å². The lowest BCUT2D eigenvalue weighted by Gasteiger charge is -2.26. The van der Waals surface area contributed by atoms with Crippen LogP contribution >= 0.6 is 0 Å². The predicted octanol–water partition coefficient (Wildman–Crippen LogP) is 1.91. The highest BCUT2D eigenvalue weighted by Gasteiger charge is 2.22. The van der Waals surface area contributed by atoms with Gasteiger partial charge in [-0.05, 0) is 11.5 Å². The molecule has 18 heavy (non-hydrogen) atoms. The van der Waals surface area contributed by atoms with Crippen LogP contribution in [0.1, 0.15) is 26.3 Å². The van der Waals surface area contributed by atoms with E-state index in [9.17, 15) is 5.11 Å². The first kappa shape index (κ1) is 13.2. The molecular weight excluding hydrogens is 230 g/mol. The molecule has 1 aliphatic heterocycles. The maximum Gasteiger partial charge on any atom is 0.231 e. The Balaban J connectivity index is 1.90. The van der Waals surface area contributed by atoms with Crippen LogP contribution in [-0.4, -0.2) is 24.5 Å². The predicted molar refractivity (Wildman–Crippen MR) is 69.7 cm³/mol. The van der Waals surface area contributed by atoms with Crippen molar-refractivity contribution in [2.75, 3.05) is 13.3 Å². The van der Waals surface area contributed by atoms with Crippen molar-refractivity contribution in [1.29, 1.82) is 0 Å². The largest absolute Gasteiger partial charge is 0.454 e. The summed E-state index contributed by atoms with van der Waals surface area (Å²) in [6.45, 7) is 7.59. The molecule has 0 amide bonds. The lowest BCUT2D eigenvalue weighted by atomic mass is 9.89. The maximum atomic E-state index is 9.94. The molecule has 1 unspecified atom stereocenters. The lowest BCUT2D eigenvalue weighted by molar-refractivity contribution is 0.0627. The van der Waals surface area contributed by atoms with Gasteiger partial charge in [-0.25, -0.2) is 0 Å². The molecule has 0 aromatic heterocycles. The standard InChI is InChI=1S/C14H21NO3/c1-14(2,3)12(16)8-15-7-10-5-4-6-11-13(10)18-9-17-11/h4-6,12,15-16H,7-9H2,1-3H3. The second-order valence-corrected chi connectivity index (χ2v) is 5.66. The van der Waals surface area contributed by atoms with Gasteiger partial charge in [-0.1, -0.05) is 32.9 Å². The molecule has 0 saturated carbocycles. The van der Waals surface area contributed by atoms with Crippen LogP contribution in [-0.2, 0) is 6.54 Å². The highest BCUT2D eigenvalue weighted by Crippen LogP contribution is 2.35. The summed E-state index contributed by atoms with van der Waals surface area (Å²) in [5.41, 5.74) is 0.955. The van der Waals surface area contributed by atoms with Gasteiger partial charge in [0.1, 0.15) is 0 Å². The first-order valence-corrected chi connectivity index (χ1v) is 6.25. The number of para-hydroxylation sites is 1. The minimum atomic E-state index is -0.369. The number of benzene rings is 1. The van der Waals surface area contributed by atoms with E-state index < -0.39 is 0 Å². The van der Waals surface area contributed by atoms with E-state index in [1.165, 1.54) is 0 Å². The van der Waals surface area contributed by atoms with Crippen LogP contribution in [0.2, 0.25) is 0 Å². The zero-order chi connectivity index (χ0) is 13.2. The second kappa shape index (κ2) is 5.16. The van der Waals surface area contributed by atoms with Gasteiger partial charge in [-0.2, -0.15) is 0 Å². The Bertz CT molecular complexity index is 412. The summed E-state index contributed by atoms with van der Waals surface area (Å²) in [5, 5.41) is 13.2. The normalized spacial score (nSPS) is 15.8. The van der Waals surface area contributed by atoms with E-state index in [2.05, 4.69) is 5.32 Å². The summed E-state index contributed by atoms with van der Waals surface area (Å²) in [4.78, 5) is 0. The molecule has 0 spiro atoms. The van der Waals surface area contributed by atoms with Crippen LogP contribution in [0.15, 0.2) is 18.2 Å². The monoisotopic (exact) mass is 251 g/mol. The Hall–Kier alpha value is -1.26. The van der Waals surface area contributed by atoms with Crippen LogP contribution in [0.5, 0.6) is 11.5 Å². The fourth-order valence-electron chi connectivity index (χ4n) is 1.78. The van der Waals surface area contributed by atoms with E-state index in [0.29, 0.717) is 13.1 Å². The van der Waals surface area contributed by atoms with Crippen molar-refractivity contribution in [3.8, 4) is 11.5 Å². The third-order valence-corrected chi connectivity index (χ3v) is 3.13. The molecule has 100 valence electrons. The van der Waals surface area contributed by atoms with Crippen LogP contribution in [0.4, 0.5) is 0 Å². The van der Waals surface area contributed by atoms with Gasteiger partial charge in [0.15, 0.2) is 11.5 Å². The van der Waals surface area contributed by atoms with Crippen molar-refractivity contribution in [3.05, 3.63) is 23.8 Å². The van der Waals surface area contributed by atoms with Gasteiger partial charge in [-0.3, -0.25) is 0 Å². The van der Waals surface area contributed by atoms with Gasteiger partial charge < -0.3 is 19.9 Å². The van der Waals surface area contributed by atoms with Crippen molar-refractivity contribution in [2.24, 2.45) is 5.41 Å². The number of aliphatic hydroxyl groups is 1. The fraction of sp³-hybridized carbons (Fsp3) is 0.571. The number of ether oxygens (including phenoxy) is 2. The SMILES string of the molecule is CC(C)(C)C(O)CNCc1cccc2c1OCO2. The third-order valence-electron chi connectivity index (χ3n) is 3.13. The fourth-order valence-corrected chi connectivity index (χ4v) is 1.78. The summed E-state index contributed by atoms with van der Waals surface area (Å²) in [7, 11) is 0. The Morgan fingerprint density at radius 3 is 2.83 bits per heavy atom. The van der Waals surface area contributed by atoms with Gasteiger partial charge >= 0.3 is 0 Å². The van der Waals surface area contributed by atoms with Gasteiger partial charge in [-0.15, -0.1) is 0 Å². The minimum absolute atomic E-state index is 0.106. The minimum Gasteiger partial charge on any atom is -0.454 e. The first-order valence-electron chi connectivity index (χ1n) is 6.25. The van der Waals surface area contributed by atoms with Crippen molar-refractivity contribution in [3.63, 3.8) is 0 Å². The number of rotatable bonds is 4. The molecule has 4 nitrogen and oxygen atoms in total. The van der Waals surface area contributed by atoms with Crippen molar-refractivity contribution in [2.45, 2.75) is 33.4 Å². The first-order chi connectivity index (χ1) is 8.48.